The van der Waals surface area contributed by atoms with Crippen LogP contribution < -0.4 is 0 Å². The first kappa shape index (κ1) is 11.1. The van der Waals surface area contributed by atoms with E-state index in [4.69, 9.17) is 0 Å². The largest absolute Gasteiger partial charge is 0.306 e. The van der Waals surface area contributed by atoms with Gasteiger partial charge in [0.1, 0.15) is 5.54 Å². The summed E-state index contributed by atoms with van der Waals surface area (Å²) >= 11 is 0. The third-order valence-electron chi connectivity index (χ3n) is 3.50. The van der Waals surface area contributed by atoms with Crippen molar-refractivity contribution >= 4 is 11.8 Å². The fraction of sp³-hybridized carbons (Fsp3) is 0.727. The van der Waals surface area contributed by atoms with Crippen molar-refractivity contribution in [3.8, 4) is 6.07 Å². The van der Waals surface area contributed by atoms with Gasteiger partial charge >= 0.3 is 0 Å². The molecule has 0 aromatic heterocycles. The van der Waals surface area contributed by atoms with E-state index in [9.17, 15) is 14.9 Å². The number of carbonyl (C=O) groups is 2. The van der Waals surface area contributed by atoms with Gasteiger partial charge in [-0.15, -0.1) is 0 Å². The molecule has 2 aliphatic heterocycles. The van der Waals surface area contributed by atoms with Gasteiger partial charge in [-0.3, -0.25) is 14.5 Å². The number of carbonyl (C=O) groups excluding carboxylic acids is 2. The van der Waals surface area contributed by atoms with Gasteiger partial charge in [0.05, 0.1) is 6.07 Å². The Kier molecular flexibility index (Phi) is 2.68. The van der Waals surface area contributed by atoms with Crippen LogP contribution in [0.3, 0.4) is 0 Å². The van der Waals surface area contributed by atoms with Crippen LogP contribution >= 0.6 is 0 Å². The molecule has 0 atom stereocenters. The number of rotatable bonds is 1. The summed E-state index contributed by atoms with van der Waals surface area (Å²) in [6.45, 7) is 1.51. The number of hydrogen-bond donors (Lipinski definition) is 0. The second kappa shape index (κ2) is 3.87. The highest BCUT2D eigenvalue weighted by Crippen LogP contribution is 2.32. The molecule has 2 rings (SSSR count). The lowest BCUT2D eigenvalue weighted by atomic mass is 9.87. The van der Waals surface area contributed by atoms with Gasteiger partial charge in [-0.2, -0.15) is 5.26 Å². The first-order chi connectivity index (χ1) is 7.59. The zero-order valence-electron chi connectivity index (χ0n) is 9.40. The van der Waals surface area contributed by atoms with Crippen molar-refractivity contribution < 1.29 is 9.59 Å². The van der Waals surface area contributed by atoms with Gasteiger partial charge in [0, 0.05) is 25.9 Å². The SMILES string of the molecule is CN1CCC(C#N)(N2C(=O)CCC2=O)CC1. The summed E-state index contributed by atoms with van der Waals surface area (Å²) in [5.74, 6) is -0.368. The van der Waals surface area contributed by atoms with Crippen LogP contribution in [-0.2, 0) is 9.59 Å². The van der Waals surface area contributed by atoms with E-state index in [1.54, 1.807) is 0 Å². The molecule has 16 heavy (non-hydrogen) atoms. The lowest BCUT2D eigenvalue weighted by Crippen LogP contribution is -2.56. The molecule has 2 saturated heterocycles. The summed E-state index contributed by atoms with van der Waals surface area (Å²) < 4.78 is 0. The molecule has 86 valence electrons. The van der Waals surface area contributed by atoms with Crippen molar-refractivity contribution in [2.45, 2.75) is 31.2 Å². The summed E-state index contributed by atoms with van der Waals surface area (Å²) in [7, 11) is 1.98. The molecule has 0 N–H and O–H groups in total. The van der Waals surface area contributed by atoms with Gasteiger partial charge in [-0.1, -0.05) is 0 Å². The van der Waals surface area contributed by atoms with Gasteiger partial charge in [-0.05, 0) is 19.9 Å². The fourth-order valence-electron chi connectivity index (χ4n) is 2.43. The minimum absolute atomic E-state index is 0.184. The molecular formula is C11H15N3O2. The molecule has 2 heterocycles. The van der Waals surface area contributed by atoms with E-state index in [0.717, 1.165) is 13.1 Å². The highest BCUT2D eigenvalue weighted by molar-refractivity contribution is 6.03. The summed E-state index contributed by atoms with van der Waals surface area (Å²) in [6.07, 6.45) is 1.66. The van der Waals surface area contributed by atoms with Crippen LogP contribution in [0.5, 0.6) is 0 Å². The molecule has 0 spiro atoms. The molecule has 0 aliphatic carbocycles. The first-order valence-electron chi connectivity index (χ1n) is 5.55. The quantitative estimate of drug-likeness (QED) is 0.590. The van der Waals surface area contributed by atoms with Gasteiger partial charge in [-0.25, -0.2) is 0 Å². The standard InChI is InChI=1S/C11H15N3O2/c1-13-6-4-11(8-12,5-7-13)14-9(15)2-3-10(14)16/h2-7H2,1H3. The monoisotopic (exact) mass is 221 g/mol. The number of likely N-dealkylation sites (tertiary alicyclic amines) is 2. The number of nitrogens with zero attached hydrogens (tertiary/aromatic N) is 3. The second-order valence-corrected chi connectivity index (χ2v) is 4.57. The van der Waals surface area contributed by atoms with Crippen LogP contribution in [-0.4, -0.2) is 47.3 Å². The molecule has 2 amide bonds. The molecule has 2 aliphatic rings. The molecule has 0 aromatic rings. The Balaban J connectivity index is 2.25. The lowest BCUT2D eigenvalue weighted by molar-refractivity contribution is -0.145. The number of piperidine rings is 1. The Morgan fingerprint density at radius 1 is 1.19 bits per heavy atom. The Hall–Kier alpha value is -1.41. The van der Waals surface area contributed by atoms with Crippen molar-refractivity contribution in [1.29, 1.82) is 5.26 Å². The van der Waals surface area contributed by atoms with E-state index < -0.39 is 5.54 Å². The Bertz CT molecular complexity index is 348. The molecule has 0 radical (unpaired) electrons. The average molecular weight is 221 g/mol. The van der Waals surface area contributed by atoms with Crippen molar-refractivity contribution in [1.82, 2.24) is 9.80 Å². The fourth-order valence-corrected chi connectivity index (χ4v) is 2.43. The average Bonchev–Trinajstić information content (AvgIpc) is 2.62. The number of nitriles is 1. The predicted molar refractivity (Wildman–Crippen MR) is 56.2 cm³/mol. The second-order valence-electron chi connectivity index (χ2n) is 4.57. The molecule has 0 aromatic carbocycles. The van der Waals surface area contributed by atoms with E-state index in [1.807, 2.05) is 7.05 Å². The normalized spacial score (nSPS) is 25.9. The molecule has 5 nitrogen and oxygen atoms in total. The topological polar surface area (TPSA) is 64.4 Å². The van der Waals surface area contributed by atoms with Crippen LogP contribution in [0.15, 0.2) is 0 Å². The summed E-state index contributed by atoms with van der Waals surface area (Å²) in [4.78, 5) is 26.7. The van der Waals surface area contributed by atoms with Crippen LogP contribution in [0.25, 0.3) is 0 Å². The third kappa shape index (κ3) is 1.59. The summed E-state index contributed by atoms with van der Waals surface area (Å²) in [6, 6.07) is 2.20. The minimum Gasteiger partial charge on any atom is -0.306 e. The molecule has 0 bridgehead atoms. The van der Waals surface area contributed by atoms with E-state index in [1.165, 1.54) is 4.90 Å². The van der Waals surface area contributed by atoms with Crippen molar-refractivity contribution in [3.05, 3.63) is 0 Å². The number of imide groups is 1. The van der Waals surface area contributed by atoms with Crippen LogP contribution in [0.2, 0.25) is 0 Å². The highest BCUT2D eigenvalue weighted by Gasteiger charge is 2.47. The zero-order valence-corrected chi connectivity index (χ0v) is 9.40. The maximum absolute atomic E-state index is 11.7. The summed E-state index contributed by atoms with van der Waals surface area (Å²) in [5.41, 5.74) is -0.878. The van der Waals surface area contributed by atoms with Gasteiger partial charge in [0.25, 0.3) is 0 Å². The van der Waals surface area contributed by atoms with Crippen molar-refractivity contribution in [3.63, 3.8) is 0 Å². The van der Waals surface area contributed by atoms with E-state index in [2.05, 4.69) is 11.0 Å². The van der Waals surface area contributed by atoms with Crippen molar-refractivity contribution in [2.75, 3.05) is 20.1 Å². The smallest absolute Gasteiger partial charge is 0.231 e. The Labute approximate surface area is 94.6 Å². The molecular weight excluding hydrogens is 206 g/mol. The Morgan fingerprint density at radius 3 is 2.12 bits per heavy atom. The lowest BCUT2D eigenvalue weighted by Gasteiger charge is -2.40. The van der Waals surface area contributed by atoms with Gasteiger partial charge in [0.2, 0.25) is 11.8 Å². The van der Waals surface area contributed by atoms with E-state index in [-0.39, 0.29) is 24.7 Å². The molecule has 2 fully saturated rings. The van der Waals surface area contributed by atoms with Gasteiger partial charge < -0.3 is 4.90 Å². The summed E-state index contributed by atoms with van der Waals surface area (Å²) in [5, 5.41) is 9.31. The van der Waals surface area contributed by atoms with Crippen LogP contribution in [0.4, 0.5) is 0 Å². The molecule has 5 heteroatoms. The van der Waals surface area contributed by atoms with Crippen LogP contribution in [0, 0.1) is 11.3 Å². The highest BCUT2D eigenvalue weighted by atomic mass is 16.2. The van der Waals surface area contributed by atoms with Crippen LogP contribution in [0.1, 0.15) is 25.7 Å². The van der Waals surface area contributed by atoms with Gasteiger partial charge in [0.15, 0.2) is 0 Å². The Morgan fingerprint density at radius 2 is 1.69 bits per heavy atom. The van der Waals surface area contributed by atoms with E-state index in [0.29, 0.717) is 12.8 Å². The first-order valence-corrected chi connectivity index (χ1v) is 5.55. The predicted octanol–water partition coefficient (Wildman–Crippen LogP) is 0.123. The minimum atomic E-state index is -0.878. The molecule has 0 saturated carbocycles. The number of hydrogen-bond acceptors (Lipinski definition) is 4. The maximum Gasteiger partial charge on any atom is 0.231 e. The maximum atomic E-state index is 11.7. The third-order valence-corrected chi connectivity index (χ3v) is 3.50. The van der Waals surface area contributed by atoms with E-state index >= 15 is 0 Å². The number of amides is 2. The van der Waals surface area contributed by atoms with Crippen molar-refractivity contribution in [2.24, 2.45) is 0 Å². The molecule has 0 unspecified atom stereocenters. The zero-order chi connectivity index (χ0) is 11.8.